The third-order valence-corrected chi connectivity index (χ3v) is 6.23. The van der Waals surface area contributed by atoms with Gasteiger partial charge in [0.1, 0.15) is 0 Å². The van der Waals surface area contributed by atoms with Gasteiger partial charge in [0, 0.05) is 6.04 Å². The van der Waals surface area contributed by atoms with E-state index in [9.17, 15) is 19.2 Å². The Bertz CT molecular complexity index is 1040. The standard InChI is InChI=1S/C25H26N2O5/c1-15-8-3-6-13-21(15)26-22(28)16(2)32-25(31)17-9-7-10-18(14-17)27-23(29)19-11-4-5-12-20(19)24(27)30/h4-5,7,9-12,14-16,21H,3,6,8,13H2,1-2H3,(H,26,28). The van der Waals surface area contributed by atoms with E-state index in [1.807, 2.05) is 0 Å². The first-order valence-electron chi connectivity index (χ1n) is 11.0. The maximum Gasteiger partial charge on any atom is 0.338 e. The summed E-state index contributed by atoms with van der Waals surface area (Å²) in [5, 5.41) is 2.99. The van der Waals surface area contributed by atoms with Crippen molar-refractivity contribution in [1.29, 1.82) is 0 Å². The number of carbonyl (C=O) groups excluding carboxylic acids is 4. The van der Waals surface area contributed by atoms with Gasteiger partial charge in [-0.2, -0.15) is 0 Å². The first-order valence-corrected chi connectivity index (χ1v) is 11.0. The average molecular weight is 434 g/mol. The largest absolute Gasteiger partial charge is 0.449 e. The van der Waals surface area contributed by atoms with E-state index in [4.69, 9.17) is 4.74 Å². The van der Waals surface area contributed by atoms with E-state index in [0.717, 1.165) is 24.2 Å². The lowest BCUT2D eigenvalue weighted by atomic mass is 9.86. The van der Waals surface area contributed by atoms with Gasteiger partial charge in [-0.25, -0.2) is 9.69 Å². The Hall–Kier alpha value is -3.48. The lowest BCUT2D eigenvalue weighted by Crippen LogP contribution is -2.46. The smallest absolute Gasteiger partial charge is 0.338 e. The lowest BCUT2D eigenvalue weighted by Gasteiger charge is -2.30. The molecule has 2 aromatic rings. The van der Waals surface area contributed by atoms with Crippen LogP contribution in [0.4, 0.5) is 5.69 Å². The molecule has 0 spiro atoms. The predicted octanol–water partition coefficient (Wildman–Crippen LogP) is 3.73. The molecule has 1 aliphatic carbocycles. The van der Waals surface area contributed by atoms with Gasteiger partial charge in [-0.3, -0.25) is 14.4 Å². The normalized spacial score (nSPS) is 21.1. The molecule has 3 atom stereocenters. The molecule has 1 aliphatic heterocycles. The van der Waals surface area contributed by atoms with Gasteiger partial charge >= 0.3 is 5.97 Å². The van der Waals surface area contributed by atoms with Gasteiger partial charge in [0.05, 0.1) is 22.4 Å². The van der Waals surface area contributed by atoms with Crippen molar-refractivity contribution in [3.05, 3.63) is 65.2 Å². The van der Waals surface area contributed by atoms with Crippen LogP contribution in [0.2, 0.25) is 0 Å². The monoisotopic (exact) mass is 434 g/mol. The van der Waals surface area contributed by atoms with Crippen LogP contribution in [0.3, 0.4) is 0 Å². The fourth-order valence-corrected chi connectivity index (χ4v) is 4.31. The zero-order valence-electron chi connectivity index (χ0n) is 18.2. The third kappa shape index (κ3) is 4.15. The van der Waals surface area contributed by atoms with Crippen molar-refractivity contribution in [2.45, 2.75) is 51.7 Å². The summed E-state index contributed by atoms with van der Waals surface area (Å²) in [6.45, 7) is 3.65. The number of anilines is 1. The number of benzene rings is 2. The van der Waals surface area contributed by atoms with Gasteiger partial charge in [0.15, 0.2) is 6.10 Å². The molecule has 3 unspecified atom stereocenters. The van der Waals surface area contributed by atoms with Crippen molar-refractivity contribution in [3.8, 4) is 0 Å². The SMILES string of the molecule is CC(OC(=O)c1cccc(N2C(=O)c3ccccc3C2=O)c1)C(=O)NC1CCCCC1C. The molecule has 1 fully saturated rings. The number of imide groups is 1. The second-order valence-corrected chi connectivity index (χ2v) is 8.47. The molecule has 32 heavy (non-hydrogen) atoms. The van der Waals surface area contributed by atoms with Crippen LogP contribution in [0.25, 0.3) is 0 Å². The molecule has 3 amide bonds. The van der Waals surface area contributed by atoms with E-state index < -0.39 is 23.9 Å². The van der Waals surface area contributed by atoms with E-state index in [0.29, 0.717) is 17.0 Å². The average Bonchev–Trinajstić information content (AvgIpc) is 3.05. The van der Waals surface area contributed by atoms with Gasteiger partial charge in [0.2, 0.25) is 0 Å². The molecule has 166 valence electrons. The highest BCUT2D eigenvalue weighted by molar-refractivity contribution is 6.34. The molecule has 7 heteroatoms. The van der Waals surface area contributed by atoms with Gasteiger partial charge in [0.25, 0.3) is 17.7 Å². The molecule has 2 aliphatic rings. The second-order valence-electron chi connectivity index (χ2n) is 8.47. The number of ether oxygens (including phenoxy) is 1. The molecule has 1 heterocycles. The van der Waals surface area contributed by atoms with E-state index in [-0.39, 0.29) is 23.2 Å². The van der Waals surface area contributed by atoms with Crippen LogP contribution in [-0.2, 0) is 9.53 Å². The molecule has 7 nitrogen and oxygen atoms in total. The topological polar surface area (TPSA) is 92.8 Å². The third-order valence-electron chi connectivity index (χ3n) is 6.23. The molecular formula is C25H26N2O5. The number of fused-ring (bicyclic) bond motifs is 1. The molecule has 2 aromatic carbocycles. The zero-order valence-corrected chi connectivity index (χ0v) is 18.2. The van der Waals surface area contributed by atoms with Crippen molar-refractivity contribution in [2.75, 3.05) is 4.90 Å². The Kier molecular flexibility index (Phi) is 6.08. The minimum atomic E-state index is -0.959. The fraction of sp³-hybridized carbons (Fsp3) is 0.360. The summed E-state index contributed by atoms with van der Waals surface area (Å²) in [6, 6.07) is 12.8. The Morgan fingerprint density at radius 1 is 1.00 bits per heavy atom. The molecule has 1 saturated carbocycles. The summed E-state index contributed by atoms with van der Waals surface area (Å²) >= 11 is 0. The Labute approximate surface area is 186 Å². The van der Waals surface area contributed by atoms with Crippen LogP contribution in [0.1, 0.15) is 70.6 Å². The number of nitrogens with zero attached hydrogens (tertiary/aromatic N) is 1. The highest BCUT2D eigenvalue weighted by Crippen LogP contribution is 2.29. The van der Waals surface area contributed by atoms with Crippen LogP contribution in [0, 0.1) is 5.92 Å². The molecule has 4 rings (SSSR count). The maximum absolute atomic E-state index is 12.7. The molecule has 0 radical (unpaired) electrons. The van der Waals surface area contributed by atoms with Crippen LogP contribution in [-0.4, -0.2) is 35.8 Å². The molecular weight excluding hydrogens is 408 g/mol. The summed E-state index contributed by atoms with van der Waals surface area (Å²) in [7, 11) is 0. The number of carbonyl (C=O) groups is 4. The Morgan fingerprint density at radius 3 is 2.31 bits per heavy atom. The first-order chi connectivity index (χ1) is 15.4. The fourth-order valence-electron chi connectivity index (χ4n) is 4.31. The van der Waals surface area contributed by atoms with Crippen molar-refractivity contribution in [2.24, 2.45) is 5.92 Å². The second kappa shape index (κ2) is 8.94. The quantitative estimate of drug-likeness (QED) is 0.572. The van der Waals surface area contributed by atoms with E-state index in [1.54, 1.807) is 36.4 Å². The highest BCUT2D eigenvalue weighted by atomic mass is 16.5. The number of esters is 1. The van der Waals surface area contributed by atoms with E-state index >= 15 is 0 Å². The van der Waals surface area contributed by atoms with Gasteiger partial charge < -0.3 is 10.1 Å². The van der Waals surface area contributed by atoms with Crippen molar-refractivity contribution < 1.29 is 23.9 Å². The molecule has 0 bridgehead atoms. The number of hydrogen-bond acceptors (Lipinski definition) is 5. The van der Waals surface area contributed by atoms with Gasteiger partial charge in [-0.05, 0) is 56.0 Å². The summed E-state index contributed by atoms with van der Waals surface area (Å²) in [5.74, 6) is -1.50. The number of amides is 3. The zero-order chi connectivity index (χ0) is 22.8. The van der Waals surface area contributed by atoms with Crippen molar-refractivity contribution in [3.63, 3.8) is 0 Å². The number of rotatable bonds is 5. The summed E-state index contributed by atoms with van der Waals surface area (Å²) < 4.78 is 5.37. The van der Waals surface area contributed by atoms with Crippen LogP contribution in [0.5, 0.6) is 0 Å². The van der Waals surface area contributed by atoms with Crippen LogP contribution in [0.15, 0.2) is 48.5 Å². The molecule has 0 saturated heterocycles. The predicted molar refractivity (Wildman–Crippen MR) is 118 cm³/mol. The molecule has 1 N–H and O–H groups in total. The van der Waals surface area contributed by atoms with E-state index in [1.165, 1.54) is 25.5 Å². The van der Waals surface area contributed by atoms with E-state index in [2.05, 4.69) is 12.2 Å². The minimum absolute atomic E-state index is 0.0922. The summed E-state index contributed by atoms with van der Waals surface area (Å²) in [6.07, 6.45) is 3.29. The lowest BCUT2D eigenvalue weighted by molar-refractivity contribution is -0.130. The maximum atomic E-state index is 12.7. The Morgan fingerprint density at radius 2 is 1.66 bits per heavy atom. The van der Waals surface area contributed by atoms with Crippen molar-refractivity contribution in [1.82, 2.24) is 5.32 Å². The van der Waals surface area contributed by atoms with Crippen LogP contribution >= 0.6 is 0 Å². The summed E-state index contributed by atoms with van der Waals surface area (Å²) in [4.78, 5) is 51.7. The van der Waals surface area contributed by atoms with Gasteiger partial charge in [-0.15, -0.1) is 0 Å². The highest BCUT2D eigenvalue weighted by Gasteiger charge is 2.36. The number of hydrogen-bond donors (Lipinski definition) is 1. The molecule has 0 aromatic heterocycles. The van der Waals surface area contributed by atoms with Gasteiger partial charge in [-0.1, -0.05) is 38.0 Å². The summed E-state index contributed by atoms with van der Waals surface area (Å²) in [5.41, 5.74) is 1.09. The minimum Gasteiger partial charge on any atom is -0.449 e. The first kappa shape index (κ1) is 21.7. The van der Waals surface area contributed by atoms with Crippen molar-refractivity contribution >= 4 is 29.4 Å². The Balaban J connectivity index is 1.44. The van der Waals surface area contributed by atoms with Crippen LogP contribution < -0.4 is 10.2 Å². The number of nitrogens with one attached hydrogen (secondary N) is 1.